The summed E-state index contributed by atoms with van der Waals surface area (Å²) in [7, 11) is 0. The van der Waals surface area contributed by atoms with Gasteiger partial charge in [0, 0.05) is 23.9 Å². The highest BCUT2D eigenvalue weighted by molar-refractivity contribution is 5.94. The first-order chi connectivity index (χ1) is 11.3. The molecule has 1 aromatic heterocycles. The summed E-state index contributed by atoms with van der Waals surface area (Å²) in [5.41, 5.74) is 1.95. The fourth-order valence-electron chi connectivity index (χ4n) is 2.36. The molecule has 23 heavy (non-hydrogen) atoms. The molecule has 5 nitrogen and oxygen atoms in total. The average Bonchev–Trinajstić information content (AvgIpc) is 2.97. The molecule has 0 saturated carbocycles. The van der Waals surface area contributed by atoms with Crippen LogP contribution in [0.15, 0.2) is 71.7 Å². The van der Waals surface area contributed by atoms with Crippen LogP contribution in [0.5, 0.6) is 0 Å². The number of aromatic amines is 1. The summed E-state index contributed by atoms with van der Waals surface area (Å²) in [4.78, 5) is 24.3. The molecule has 116 valence electrons. The van der Waals surface area contributed by atoms with Gasteiger partial charge in [0.2, 0.25) is 0 Å². The molecule has 1 heterocycles. The molecule has 0 radical (unpaired) electrons. The van der Waals surface area contributed by atoms with E-state index < -0.39 is 0 Å². The summed E-state index contributed by atoms with van der Waals surface area (Å²) >= 11 is 0. The van der Waals surface area contributed by atoms with Crippen molar-refractivity contribution in [2.75, 3.05) is 6.54 Å². The van der Waals surface area contributed by atoms with Gasteiger partial charge in [0.25, 0.3) is 11.5 Å². The highest BCUT2D eigenvalue weighted by Gasteiger charge is 2.09. The first kappa shape index (κ1) is 14.8. The topological polar surface area (TPSA) is 66.9 Å². The Labute approximate surface area is 133 Å². The number of carbonyl (C=O) groups excluding carboxylic acids is 1. The van der Waals surface area contributed by atoms with E-state index in [0.717, 1.165) is 5.69 Å². The Hall–Kier alpha value is -3.08. The summed E-state index contributed by atoms with van der Waals surface area (Å²) < 4.78 is 1.49. The molecule has 0 saturated heterocycles. The summed E-state index contributed by atoms with van der Waals surface area (Å²) in [6, 6.07) is 18.4. The standard InChI is InChI=1S/C18H17N3O2/c22-17(14-7-3-1-4-8-14)19-12-11-15-13-20-21(18(15)23)16-9-5-2-6-10-16/h1-10,13,20H,11-12H2,(H,19,22). The number of nitrogens with zero attached hydrogens (tertiary/aromatic N) is 1. The zero-order chi connectivity index (χ0) is 16.1. The van der Waals surface area contributed by atoms with Crippen LogP contribution in [0.25, 0.3) is 5.69 Å². The molecule has 0 unspecified atom stereocenters. The van der Waals surface area contributed by atoms with Gasteiger partial charge in [0.05, 0.1) is 5.69 Å². The molecule has 3 rings (SSSR count). The van der Waals surface area contributed by atoms with Crippen LogP contribution >= 0.6 is 0 Å². The molecule has 0 aliphatic carbocycles. The third-order valence-electron chi connectivity index (χ3n) is 3.58. The lowest BCUT2D eigenvalue weighted by Crippen LogP contribution is -2.27. The Kier molecular flexibility index (Phi) is 4.38. The molecule has 0 fully saturated rings. The maximum absolute atomic E-state index is 12.3. The van der Waals surface area contributed by atoms with Crippen molar-refractivity contribution in [3.8, 4) is 5.69 Å². The quantitative estimate of drug-likeness (QED) is 0.758. The number of carbonyl (C=O) groups is 1. The van der Waals surface area contributed by atoms with Crippen LogP contribution in [0.4, 0.5) is 0 Å². The first-order valence-corrected chi connectivity index (χ1v) is 7.43. The van der Waals surface area contributed by atoms with E-state index in [1.165, 1.54) is 4.68 Å². The number of aromatic nitrogens is 2. The van der Waals surface area contributed by atoms with Gasteiger partial charge in [0.1, 0.15) is 0 Å². The van der Waals surface area contributed by atoms with Crippen LogP contribution in [-0.2, 0) is 6.42 Å². The molecule has 2 N–H and O–H groups in total. The predicted octanol–water partition coefficient (Wildman–Crippen LogP) is 2.14. The van der Waals surface area contributed by atoms with Crippen molar-refractivity contribution in [1.29, 1.82) is 0 Å². The monoisotopic (exact) mass is 307 g/mol. The fraction of sp³-hybridized carbons (Fsp3) is 0.111. The zero-order valence-corrected chi connectivity index (χ0v) is 12.5. The molecule has 3 aromatic rings. The van der Waals surface area contributed by atoms with E-state index in [-0.39, 0.29) is 11.5 Å². The molecule has 0 spiro atoms. The summed E-state index contributed by atoms with van der Waals surface area (Å²) in [6.07, 6.45) is 2.16. The van der Waals surface area contributed by atoms with Gasteiger partial charge in [-0.2, -0.15) is 0 Å². The second kappa shape index (κ2) is 6.79. The fourth-order valence-corrected chi connectivity index (χ4v) is 2.36. The maximum atomic E-state index is 12.3. The Morgan fingerprint density at radius 2 is 1.65 bits per heavy atom. The lowest BCUT2D eigenvalue weighted by atomic mass is 10.2. The Balaban J connectivity index is 1.63. The Morgan fingerprint density at radius 1 is 1.00 bits per heavy atom. The third-order valence-corrected chi connectivity index (χ3v) is 3.58. The predicted molar refractivity (Wildman–Crippen MR) is 88.9 cm³/mol. The number of hydrogen-bond donors (Lipinski definition) is 2. The van der Waals surface area contributed by atoms with Crippen molar-refractivity contribution in [1.82, 2.24) is 15.1 Å². The number of amides is 1. The first-order valence-electron chi connectivity index (χ1n) is 7.43. The van der Waals surface area contributed by atoms with Crippen molar-refractivity contribution in [2.45, 2.75) is 6.42 Å². The number of para-hydroxylation sites is 1. The van der Waals surface area contributed by atoms with E-state index in [0.29, 0.717) is 24.1 Å². The van der Waals surface area contributed by atoms with E-state index >= 15 is 0 Å². The third kappa shape index (κ3) is 3.40. The molecule has 0 atom stereocenters. The molecule has 5 heteroatoms. The Bertz CT molecular complexity index is 835. The van der Waals surface area contributed by atoms with E-state index in [1.54, 1.807) is 18.3 Å². The lowest BCUT2D eigenvalue weighted by molar-refractivity contribution is 0.0954. The molecule has 0 aliphatic rings. The Morgan fingerprint density at radius 3 is 2.35 bits per heavy atom. The number of nitrogens with one attached hydrogen (secondary N) is 2. The van der Waals surface area contributed by atoms with Gasteiger partial charge in [-0.15, -0.1) is 0 Å². The second-order valence-corrected chi connectivity index (χ2v) is 5.15. The molecular formula is C18H17N3O2. The van der Waals surface area contributed by atoms with Crippen LogP contribution in [0.1, 0.15) is 15.9 Å². The van der Waals surface area contributed by atoms with Crippen molar-refractivity contribution in [3.63, 3.8) is 0 Å². The van der Waals surface area contributed by atoms with Gasteiger partial charge in [-0.05, 0) is 30.7 Å². The van der Waals surface area contributed by atoms with Crippen LogP contribution in [0.2, 0.25) is 0 Å². The largest absolute Gasteiger partial charge is 0.352 e. The van der Waals surface area contributed by atoms with Gasteiger partial charge in [0.15, 0.2) is 0 Å². The van der Waals surface area contributed by atoms with Crippen LogP contribution in [0, 0.1) is 0 Å². The summed E-state index contributed by atoms with van der Waals surface area (Å²) in [5, 5.41) is 5.77. The highest BCUT2D eigenvalue weighted by atomic mass is 16.1. The van der Waals surface area contributed by atoms with Gasteiger partial charge in [-0.3, -0.25) is 14.7 Å². The molecule has 2 aromatic carbocycles. The van der Waals surface area contributed by atoms with Crippen molar-refractivity contribution in [2.24, 2.45) is 0 Å². The van der Waals surface area contributed by atoms with E-state index in [9.17, 15) is 9.59 Å². The van der Waals surface area contributed by atoms with Gasteiger partial charge in [-0.25, -0.2) is 4.68 Å². The lowest BCUT2D eigenvalue weighted by Gasteiger charge is -2.03. The summed E-state index contributed by atoms with van der Waals surface area (Å²) in [5.74, 6) is -0.135. The number of H-pyrrole nitrogens is 1. The van der Waals surface area contributed by atoms with Crippen LogP contribution < -0.4 is 10.9 Å². The molecule has 1 amide bonds. The maximum Gasteiger partial charge on any atom is 0.274 e. The van der Waals surface area contributed by atoms with E-state index in [4.69, 9.17) is 0 Å². The van der Waals surface area contributed by atoms with Crippen LogP contribution in [-0.4, -0.2) is 22.2 Å². The number of rotatable bonds is 5. The van der Waals surface area contributed by atoms with E-state index in [1.807, 2.05) is 48.5 Å². The van der Waals surface area contributed by atoms with Crippen molar-refractivity contribution < 1.29 is 4.79 Å². The molecule has 0 aliphatic heterocycles. The number of hydrogen-bond acceptors (Lipinski definition) is 2. The normalized spacial score (nSPS) is 10.4. The van der Waals surface area contributed by atoms with Gasteiger partial charge < -0.3 is 5.32 Å². The van der Waals surface area contributed by atoms with Crippen molar-refractivity contribution >= 4 is 5.91 Å². The average molecular weight is 307 g/mol. The smallest absolute Gasteiger partial charge is 0.274 e. The minimum Gasteiger partial charge on any atom is -0.352 e. The highest BCUT2D eigenvalue weighted by Crippen LogP contribution is 2.03. The summed E-state index contributed by atoms with van der Waals surface area (Å²) in [6.45, 7) is 0.412. The minimum atomic E-state index is -0.135. The van der Waals surface area contributed by atoms with E-state index in [2.05, 4.69) is 10.4 Å². The number of benzene rings is 2. The zero-order valence-electron chi connectivity index (χ0n) is 12.5. The molecular weight excluding hydrogens is 290 g/mol. The van der Waals surface area contributed by atoms with Gasteiger partial charge in [-0.1, -0.05) is 36.4 Å². The second-order valence-electron chi connectivity index (χ2n) is 5.15. The van der Waals surface area contributed by atoms with Crippen LogP contribution in [0.3, 0.4) is 0 Å². The van der Waals surface area contributed by atoms with Gasteiger partial charge >= 0.3 is 0 Å². The van der Waals surface area contributed by atoms with Crippen molar-refractivity contribution in [3.05, 3.63) is 88.3 Å². The SMILES string of the molecule is O=C(NCCc1c[nH]n(-c2ccccc2)c1=O)c1ccccc1. The minimum absolute atomic E-state index is 0.0924. The molecule has 0 bridgehead atoms.